The molecule has 1 fully saturated rings. The van der Waals surface area contributed by atoms with Crippen LogP contribution >= 0.6 is 11.6 Å². The largest absolute Gasteiger partial charge is 0.363 e. The molecule has 0 amide bonds. The van der Waals surface area contributed by atoms with E-state index >= 15 is 0 Å². The van der Waals surface area contributed by atoms with Crippen LogP contribution in [0.15, 0.2) is 18.2 Å². The highest BCUT2D eigenvalue weighted by atomic mass is 35.5. The summed E-state index contributed by atoms with van der Waals surface area (Å²) < 4.78 is 0. The molecule has 1 heterocycles. The first-order chi connectivity index (χ1) is 6.22. The Hall–Kier alpha value is -0.730. The van der Waals surface area contributed by atoms with Gasteiger partial charge in [0.05, 0.1) is 6.04 Å². The van der Waals surface area contributed by atoms with Gasteiger partial charge in [0.15, 0.2) is 0 Å². The molecule has 0 aliphatic carbocycles. The summed E-state index contributed by atoms with van der Waals surface area (Å²) >= 11 is 5.92. The zero-order valence-corrected chi connectivity index (χ0v) is 8.38. The first kappa shape index (κ1) is 8.85. The van der Waals surface area contributed by atoms with Crippen molar-refractivity contribution in [3.8, 4) is 0 Å². The average molecular weight is 197 g/mol. The number of nitrogens with zero attached hydrogens (tertiary/aromatic N) is 1. The zero-order chi connectivity index (χ0) is 9.42. The fourth-order valence-corrected chi connectivity index (χ4v) is 1.74. The van der Waals surface area contributed by atoms with Crippen molar-refractivity contribution < 1.29 is 0 Å². The highest BCUT2D eigenvalue weighted by molar-refractivity contribution is 6.30. The van der Waals surface area contributed by atoms with Crippen molar-refractivity contribution >= 4 is 17.3 Å². The lowest BCUT2D eigenvalue weighted by molar-refractivity contribution is 0.965. The first-order valence-corrected chi connectivity index (χ1v) is 4.83. The monoisotopic (exact) mass is 196 g/mol. The summed E-state index contributed by atoms with van der Waals surface area (Å²) in [5, 5.41) is 0.795. The molecule has 1 atom stereocenters. The molecule has 2 N–H and O–H groups in total. The number of benzene rings is 1. The smallest absolute Gasteiger partial charge is 0.0588 e. The maximum atomic E-state index is 5.92. The maximum Gasteiger partial charge on any atom is 0.0588 e. The summed E-state index contributed by atoms with van der Waals surface area (Å²) in [6.45, 7) is 3.89. The van der Waals surface area contributed by atoms with Crippen molar-refractivity contribution in [2.75, 3.05) is 18.0 Å². The van der Waals surface area contributed by atoms with Crippen molar-refractivity contribution in [3.05, 3.63) is 28.8 Å². The van der Waals surface area contributed by atoms with Crippen LogP contribution in [0.1, 0.15) is 5.56 Å². The van der Waals surface area contributed by atoms with Gasteiger partial charge in [-0.2, -0.15) is 0 Å². The molecular weight excluding hydrogens is 184 g/mol. The number of nitrogens with two attached hydrogens (primary N) is 1. The number of aryl methyl sites for hydroxylation is 1. The first-order valence-electron chi connectivity index (χ1n) is 4.45. The fraction of sp³-hybridized carbons (Fsp3) is 0.400. The normalized spacial score (nSPS) is 20.5. The molecule has 70 valence electrons. The minimum Gasteiger partial charge on any atom is -0.363 e. The summed E-state index contributed by atoms with van der Waals surface area (Å²) in [6, 6.07) is 6.49. The fourth-order valence-electron chi connectivity index (χ4n) is 1.57. The highest BCUT2D eigenvalue weighted by Crippen LogP contribution is 2.32. The van der Waals surface area contributed by atoms with Crippen molar-refractivity contribution in [1.29, 1.82) is 0 Å². The number of hydrogen-bond donors (Lipinski definition) is 1. The van der Waals surface area contributed by atoms with E-state index in [0.29, 0.717) is 6.04 Å². The van der Waals surface area contributed by atoms with Crippen molar-refractivity contribution in [2.45, 2.75) is 13.0 Å². The van der Waals surface area contributed by atoms with E-state index in [1.54, 1.807) is 0 Å². The lowest BCUT2D eigenvalue weighted by Crippen LogP contribution is -2.12. The van der Waals surface area contributed by atoms with Crippen LogP contribution in [0.5, 0.6) is 0 Å². The van der Waals surface area contributed by atoms with Crippen molar-refractivity contribution in [2.24, 2.45) is 5.73 Å². The summed E-state index contributed by atoms with van der Waals surface area (Å²) in [7, 11) is 0. The van der Waals surface area contributed by atoms with Gasteiger partial charge in [-0.25, -0.2) is 0 Å². The van der Waals surface area contributed by atoms with Gasteiger partial charge >= 0.3 is 0 Å². The molecule has 2 nitrogen and oxygen atoms in total. The Kier molecular flexibility index (Phi) is 2.18. The quantitative estimate of drug-likeness (QED) is 0.731. The van der Waals surface area contributed by atoms with E-state index in [9.17, 15) is 0 Å². The third kappa shape index (κ3) is 1.64. The molecule has 1 aliphatic rings. The molecule has 0 aromatic heterocycles. The zero-order valence-electron chi connectivity index (χ0n) is 7.63. The molecule has 1 unspecified atom stereocenters. The SMILES string of the molecule is Cc1ccc(Cl)cc1N1CC1CN. The van der Waals surface area contributed by atoms with Crippen LogP contribution in [-0.4, -0.2) is 19.1 Å². The molecule has 1 aromatic rings. The second kappa shape index (κ2) is 3.20. The van der Waals surface area contributed by atoms with Crippen LogP contribution < -0.4 is 10.6 Å². The van der Waals surface area contributed by atoms with Gasteiger partial charge in [-0.3, -0.25) is 0 Å². The van der Waals surface area contributed by atoms with Gasteiger partial charge < -0.3 is 10.6 Å². The molecule has 1 aliphatic heterocycles. The second-order valence-corrected chi connectivity index (χ2v) is 3.91. The Morgan fingerprint density at radius 3 is 3.00 bits per heavy atom. The molecule has 2 rings (SSSR count). The van der Waals surface area contributed by atoms with Crippen LogP contribution in [0, 0.1) is 6.92 Å². The Balaban J connectivity index is 2.25. The van der Waals surface area contributed by atoms with Gasteiger partial charge in [-0.1, -0.05) is 17.7 Å². The molecule has 0 spiro atoms. The van der Waals surface area contributed by atoms with E-state index in [4.69, 9.17) is 17.3 Å². The Labute approximate surface area is 83.3 Å². The third-order valence-electron chi connectivity index (χ3n) is 2.47. The van der Waals surface area contributed by atoms with Gasteiger partial charge in [0.2, 0.25) is 0 Å². The molecule has 0 saturated carbocycles. The summed E-state index contributed by atoms with van der Waals surface area (Å²) in [5.41, 5.74) is 8.06. The van der Waals surface area contributed by atoms with Crippen LogP contribution in [-0.2, 0) is 0 Å². The van der Waals surface area contributed by atoms with E-state index in [1.807, 2.05) is 18.2 Å². The number of rotatable bonds is 2. The molecule has 0 radical (unpaired) electrons. The summed E-state index contributed by atoms with van der Waals surface area (Å²) in [5.74, 6) is 0. The summed E-state index contributed by atoms with van der Waals surface area (Å²) in [4.78, 5) is 2.28. The highest BCUT2D eigenvalue weighted by Gasteiger charge is 2.33. The molecule has 1 aromatic carbocycles. The van der Waals surface area contributed by atoms with E-state index in [-0.39, 0.29) is 0 Å². The minimum atomic E-state index is 0.525. The Bertz CT molecular complexity index is 325. The van der Waals surface area contributed by atoms with Crippen molar-refractivity contribution in [1.82, 2.24) is 0 Å². The lowest BCUT2D eigenvalue weighted by Gasteiger charge is -2.08. The molecular formula is C10H13ClN2. The van der Waals surface area contributed by atoms with E-state index in [2.05, 4.69) is 11.8 Å². The summed E-state index contributed by atoms with van der Waals surface area (Å²) in [6.07, 6.45) is 0. The van der Waals surface area contributed by atoms with Crippen molar-refractivity contribution in [3.63, 3.8) is 0 Å². The second-order valence-electron chi connectivity index (χ2n) is 3.47. The maximum absolute atomic E-state index is 5.92. The number of halogens is 1. The van der Waals surface area contributed by atoms with Crippen LogP contribution in [0.2, 0.25) is 5.02 Å². The van der Waals surface area contributed by atoms with E-state index in [1.165, 1.54) is 11.3 Å². The van der Waals surface area contributed by atoms with Gasteiger partial charge in [-0.05, 0) is 24.6 Å². The predicted octanol–water partition coefficient (Wildman–Crippen LogP) is 1.80. The molecule has 1 saturated heterocycles. The van der Waals surface area contributed by atoms with Gasteiger partial charge in [0.1, 0.15) is 0 Å². The predicted molar refractivity (Wildman–Crippen MR) is 56.4 cm³/mol. The lowest BCUT2D eigenvalue weighted by atomic mass is 10.2. The van der Waals surface area contributed by atoms with E-state index < -0.39 is 0 Å². The Morgan fingerprint density at radius 2 is 2.38 bits per heavy atom. The van der Waals surface area contributed by atoms with E-state index in [0.717, 1.165) is 18.1 Å². The van der Waals surface area contributed by atoms with Crippen LogP contribution in [0.4, 0.5) is 5.69 Å². The van der Waals surface area contributed by atoms with Gasteiger partial charge in [0, 0.05) is 23.8 Å². The van der Waals surface area contributed by atoms with Crippen LogP contribution in [0.3, 0.4) is 0 Å². The molecule has 13 heavy (non-hydrogen) atoms. The third-order valence-corrected chi connectivity index (χ3v) is 2.70. The minimum absolute atomic E-state index is 0.525. The standard InChI is InChI=1S/C10H13ClN2/c1-7-2-3-8(11)4-10(7)13-6-9(13)5-12/h2-4,9H,5-6,12H2,1H3. The number of hydrogen-bond acceptors (Lipinski definition) is 2. The average Bonchev–Trinajstić information content (AvgIpc) is 2.88. The van der Waals surface area contributed by atoms with Crippen LogP contribution in [0.25, 0.3) is 0 Å². The topological polar surface area (TPSA) is 29.0 Å². The number of anilines is 1. The van der Waals surface area contributed by atoms with Gasteiger partial charge in [-0.15, -0.1) is 0 Å². The van der Waals surface area contributed by atoms with Gasteiger partial charge in [0.25, 0.3) is 0 Å². The molecule has 0 bridgehead atoms. The Morgan fingerprint density at radius 1 is 1.62 bits per heavy atom. The molecule has 3 heteroatoms.